The number of carbonyl (C=O) groups is 1. The first kappa shape index (κ1) is 18.1. The van der Waals surface area contributed by atoms with E-state index in [0.717, 1.165) is 18.3 Å². The van der Waals surface area contributed by atoms with E-state index >= 15 is 0 Å². The maximum atomic E-state index is 13.3. The molecule has 1 amide bonds. The van der Waals surface area contributed by atoms with E-state index in [2.05, 4.69) is 9.97 Å². The van der Waals surface area contributed by atoms with Gasteiger partial charge in [-0.2, -0.15) is 18.2 Å². The minimum absolute atomic E-state index is 0.162. The van der Waals surface area contributed by atoms with Crippen molar-refractivity contribution >= 4 is 5.91 Å². The van der Waals surface area contributed by atoms with Crippen molar-refractivity contribution in [3.63, 3.8) is 0 Å². The first-order valence-electron chi connectivity index (χ1n) is 7.94. The fourth-order valence-electron chi connectivity index (χ4n) is 2.73. The van der Waals surface area contributed by atoms with Crippen molar-refractivity contribution in [2.75, 3.05) is 13.1 Å². The lowest BCUT2D eigenvalue weighted by Gasteiger charge is -2.32. The molecule has 26 heavy (non-hydrogen) atoms. The average Bonchev–Trinajstić information content (AvgIpc) is 2.61. The highest BCUT2D eigenvalue weighted by Gasteiger charge is 2.33. The molecule has 5 nitrogen and oxygen atoms in total. The third-order valence-electron chi connectivity index (χ3n) is 3.93. The van der Waals surface area contributed by atoms with Crippen LogP contribution >= 0.6 is 0 Å². The highest BCUT2D eigenvalue weighted by atomic mass is 19.4. The highest BCUT2D eigenvalue weighted by Crippen LogP contribution is 2.28. The summed E-state index contributed by atoms with van der Waals surface area (Å²) >= 11 is 0. The molecule has 1 aromatic carbocycles. The maximum absolute atomic E-state index is 13.3. The van der Waals surface area contributed by atoms with Crippen LogP contribution in [0.1, 0.15) is 28.9 Å². The Kier molecular flexibility index (Phi) is 5.06. The molecule has 1 aliphatic rings. The van der Waals surface area contributed by atoms with Gasteiger partial charge in [-0.05, 0) is 37.1 Å². The van der Waals surface area contributed by atoms with Crippen molar-refractivity contribution in [3.8, 4) is 6.01 Å². The van der Waals surface area contributed by atoms with Gasteiger partial charge in [0, 0.05) is 18.3 Å². The second kappa shape index (κ2) is 7.27. The molecule has 1 fully saturated rings. The van der Waals surface area contributed by atoms with Gasteiger partial charge in [-0.25, -0.2) is 9.37 Å². The Balaban J connectivity index is 1.68. The van der Waals surface area contributed by atoms with Gasteiger partial charge in [0.05, 0.1) is 6.54 Å². The molecule has 0 bridgehead atoms. The normalized spacial score (nSPS) is 17.8. The Hall–Kier alpha value is -2.71. The number of halogens is 4. The quantitative estimate of drug-likeness (QED) is 0.779. The lowest BCUT2D eigenvalue weighted by atomic mass is 10.1. The van der Waals surface area contributed by atoms with Crippen LogP contribution in [0.15, 0.2) is 36.5 Å². The second-order valence-electron chi connectivity index (χ2n) is 5.87. The molecule has 9 heteroatoms. The van der Waals surface area contributed by atoms with Crippen LogP contribution in [-0.2, 0) is 6.18 Å². The molecule has 0 spiro atoms. The summed E-state index contributed by atoms with van der Waals surface area (Å²) < 4.78 is 56.8. The summed E-state index contributed by atoms with van der Waals surface area (Å²) in [7, 11) is 0. The molecular weight excluding hydrogens is 354 g/mol. The predicted molar refractivity (Wildman–Crippen MR) is 83.0 cm³/mol. The summed E-state index contributed by atoms with van der Waals surface area (Å²) in [5.41, 5.74) is -0.882. The van der Waals surface area contributed by atoms with Crippen LogP contribution in [0.2, 0.25) is 0 Å². The molecule has 138 valence electrons. The number of alkyl halides is 3. The Bertz CT molecular complexity index is 798. The zero-order valence-corrected chi connectivity index (χ0v) is 13.5. The lowest BCUT2D eigenvalue weighted by molar-refractivity contribution is -0.141. The molecule has 0 N–H and O–H groups in total. The number of amides is 1. The van der Waals surface area contributed by atoms with Crippen molar-refractivity contribution in [1.29, 1.82) is 0 Å². The summed E-state index contributed by atoms with van der Waals surface area (Å²) in [6, 6.07) is 5.70. The second-order valence-corrected chi connectivity index (χ2v) is 5.87. The first-order chi connectivity index (χ1) is 12.3. The van der Waals surface area contributed by atoms with Gasteiger partial charge >= 0.3 is 12.2 Å². The van der Waals surface area contributed by atoms with Gasteiger partial charge in [0.2, 0.25) is 0 Å². The molecule has 1 unspecified atom stereocenters. The number of likely N-dealkylation sites (tertiary alicyclic amines) is 1. The van der Waals surface area contributed by atoms with Gasteiger partial charge in [-0.1, -0.05) is 6.07 Å². The zero-order valence-electron chi connectivity index (χ0n) is 13.5. The molecule has 2 aromatic rings. The number of benzene rings is 1. The number of nitrogens with zero attached hydrogens (tertiary/aromatic N) is 3. The molecule has 0 aliphatic carbocycles. The Morgan fingerprint density at radius 2 is 2.08 bits per heavy atom. The molecule has 1 aliphatic heterocycles. The van der Waals surface area contributed by atoms with E-state index in [1.165, 1.54) is 23.1 Å². The predicted octanol–water partition coefficient (Wildman–Crippen LogP) is 3.32. The molecule has 0 radical (unpaired) electrons. The van der Waals surface area contributed by atoms with E-state index in [9.17, 15) is 22.4 Å². The van der Waals surface area contributed by atoms with Crippen LogP contribution in [0.25, 0.3) is 0 Å². The summed E-state index contributed by atoms with van der Waals surface area (Å²) in [6.45, 7) is 0.619. The van der Waals surface area contributed by atoms with Gasteiger partial charge in [0.1, 0.15) is 11.9 Å². The molecule has 1 saturated heterocycles. The van der Waals surface area contributed by atoms with Gasteiger partial charge in [0.15, 0.2) is 5.69 Å². The van der Waals surface area contributed by atoms with Gasteiger partial charge in [-0.3, -0.25) is 4.79 Å². The van der Waals surface area contributed by atoms with Gasteiger partial charge in [-0.15, -0.1) is 0 Å². The third-order valence-corrected chi connectivity index (χ3v) is 3.93. The third kappa shape index (κ3) is 4.27. The van der Waals surface area contributed by atoms with Crippen molar-refractivity contribution in [1.82, 2.24) is 14.9 Å². The number of hydrogen-bond acceptors (Lipinski definition) is 4. The molecule has 1 aromatic heterocycles. The number of hydrogen-bond donors (Lipinski definition) is 0. The first-order valence-corrected chi connectivity index (χ1v) is 7.94. The van der Waals surface area contributed by atoms with Gasteiger partial charge < -0.3 is 9.64 Å². The summed E-state index contributed by atoms with van der Waals surface area (Å²) in [5.74, 6) is -0.874. The van der Waals surface area contributed by atoms with Crippen molar-refractivity contribution < 1.29 is 27.1 Å². The minimum Gasteiger partial charge on any atom is -0.458 e. The molecular formula is C17H15F4N3O2. The summed E-state index contributed by atoms with van der Waals surface area (Å²) in [4.78, 5) is 21.0. The Morgan fingerprint density at radius 3 is 2.81 bits per heavy atom. The zero-order chi connectivity index (χ0) is 18.7. The van der Waals surface area contributed by atoms with E-state index in [-0.39, 0.29) is 24.0 Å². The topological polar surface area (TPSA) is 55.3 Å². The van der Waals surface area contributed by atoms with Crippen molar-refractivity contribution in [3.05, 3.63) is 53.6 Å². The number of piperidine rings is 1. The summed E-state index contributed by atoms with van der Waals surface area (Å²) in [6.07, 6.45) is -3.00. The van der Waals surface area contributed by atoms with Crippen LogP contribution in [0.5, 0.6) is 6.01 Å². The summed E-state index contributed by atoms with van der Waals surface area (Å²) in [5, 5.41) is 0. The fraction of sp³-hybridized carbons (Fsp3) is 0.353. The largest absolute Gasteiger partial charge is 0.458 e. The molecule has 3 rings (SSSR count). The average molecular weight is 369 g/mol. The van der Waals surface area contributed by atoms with Crippen LogP contribution in [0.3, 0.4) is 0 Å². The maximum Gasteiger partial charge on any atom is 0.433 e. The number of ether oxygens (including phenoxy) is 1. The smallest absolute Gasteiger partial charge is 0.433 e. The molecule has 2 heterocycles. The highest BCUT2D eigenvalue weighted by molar-refractivity contribution is 5.94. The van der Waals surface area contributed by atoms with E-state index in [0.29, 0.717) is 19.4 Å². The van der Waals surface area contributed by atoms with Crippen LogP contribution in [0.4, 0.5) is 17.6 Å². The van der Waals surface area contributed by atoms with Gasteiger partial charge in [0.25, 0.3) is 5.91 Å². The monoisotopic (exact) mass is 369 g/mol. The van der Waals surface area contributed by atoms with Crippen LogP contribution in [-0.4, -0.2) is 40.0 Å². The number of aromatic nitrogens is 2. The van der Waals surface area contributed by atoms with E-state index in [4.69, 9.17) is 4.74 Å². The Morgan fingerprint density at radius 1 is 1.27 bits per heavy atom. The SMILES string of the molecule is O=C(c1cccc(F)c1)N1CCCC(Oc2nccc(C(F)(F)F)n2)C1. The minimum atomic E-state index is -4.59. The standard InChI is InChI=1S/C17H15F4N3O2/c18-12-4-1-3-11(9-12)15(25)24-8-2-5-13(10-24)26-16-22-7-6-14(23-16)17(19,20)21/h1,3-4,6-7,9,13H,2,5,8,10H2. The van der Waals surface area contributed by atoms with E-state index < -0.39 is 23.8 Å². The number of rotatable bonds is 3. The fourth-order valence-corrected chi connectivity index (χ4v) is 2.73. The van der Waals surface area contributed by atoms with Crippen LogP contribution < -0.4 is 4.74 Å². The molecule has 0 saturated carbocycles. The lowest BCUT2D eigenvalue weighted by Crippen LogP contribution is -2.44. The van der Waals surface area contributed by atoms with Crippen molar-refractivity contribution in [2.45, 2.75) is 25.1 Å². The molecule has 1 atom stereocenters. The van der Waals surface area contributed by atoms with Crippen molar-refractivity contribution in [2.24, 2.45) is 0 Å². The van der Waals surface area contributed by atoms with E-state index in [1.807, 2.05) is 0 Å². The van der Waals surface area contributed by atoms with Crippen LogP contribution in [0, 0.1) is 5.82 Å². The Labute approximate surface area is 146 Å². The number of carbonyl (C=O) groups excluding carboxylic acids is 1. The van der Waals surface area contributed by atoms with E-state index in [1.54, 1.807) is 0 Å².